The smallest absolute Gasteiger partial charge is 0.242 e. The van der Waals surface area contributed by atoms with Crippen LogP contribution in [0.4, 0.5) is 5.69 Å². The fourth-order valence-electron chi connectivity index (χ4n) is 4.68. The molecule has 0 aliphatic carbocycles. The van der Waals surface area contributed by atoms with Crippen LogP contribution in [0.1, 0.15) is 18.0 Å². The first-order chi connectivity index (χ1) is 20.7. The highest BCUT2D eigenvalue weighted by Gasteiger charge is 2.29. The molecule has 2 aromatic rings. The van der Waals surface area contributed by atoms with E-state index >= 15 is 0 Å². The van der Waals surface area contributed by atoms with Crippen LogP contribution in [0.5, 0.6) is 0 Å². The molecule has 10 nitrogen and oxygen atoms in total. The molecule has 0 saturated carbocycles. The summed E-state index contributed by atoms with van der Waals surface area (Å²) in [6.07, 6.45) is 1.13. The monoisotopic (exact) mass is 587 g/mol. The van der Waals surface area contributed by atoms with E-state index in [1.807, 2.05) is 60.5 Å². The van der Waals surface area contributed by atoms with Crippen LogP contribution in [0.2, 0.25) is 0 Å². The maximum absolute atomic E-state index is 13.1. The van der Waals surface area contributed by atoms with Gasteiger partial charge in [0.05, 0.1) is 84.8 Å². The number of carbonyl (C=O) groups excluding carboxylic acids is 1. The van der Waals surface area contributed by atoms with Crippen molar-refractivity contribution in [3.05, 3.63) is 66.2 Å². The Morgan fingerprint density at radius 1 is 0.833 bits per heavy atom. The molecule has 0 radical (unpaired) electrons. The topological polar surface area (TPSA) is 91.0 Å². The first kappa shape index (κ1) is 33.9. The summed E-state index contributed by atoms with van der Waals surface area (Å²) in [4.78, 5) is 17.4. The number of likely N-dealkylation sites (N-methyl/N-ethyl adjacent to an activating group) is 1. The molecule has 0 aromatic heterocycles. The van der Waals surface area contributed by atoms with Gasteiger partial charge < -0.3 is 38.6 Å². The normalized spacial score (nSPS) is 16.0. The summed E-state index contributed by atoms with van der Waals surface area (Å²) in [5.41, 5.74) is 2.07. The molecule has 0 spiro atoms. The highest BCUT2D eigenvalue weighted by molar-refractivity contribution is 5.81. The molecule has 2 aromatic carbocycles. The van der Waals surface area contributed by atoms with E-state index < -0.39 is 0 Å². The Morgan fingerprint density at radius 2 is 1.38 bits per heavy atom. The molecule has 0 bridgehead atoms. The van der Waals surface area contributed by atoms with Crippen molar-refractivity contribution in [3.8, 4) is 0 Å². The minimum atomic E-state index is -0.0435. The van der Waals surface area contributed by atoms with Crippen molar-refractivity contribution in [2.45, 2.75) is 18.6 Å². The summed E-state index contributed by atoms with van der Waals surface area (Å²) in [5.74, 6) is 0.0525. The van der Waals surface area contributed by atoms with Crippen molar-refractivity contribution in [1.82, 2.24) is 9.80 Å². The standard InChI is InChI=1S/C32H49N3O7/c1-34(32(36)25-33-29-11-7-4-8-12-29)31(28-9-5-3-6-10-28)27-35-14-13-30(26-35)42-24-23-41-22-21-40-20-19-39-18-17-38-16-15-37-2/h3-12,30-31,33H,13-27H2,1-2H3/t30-,31+/m0/s1. The minimum Gasteiger partial charge on any atom is -0.382 e. The zero-order valence-electron chi connectivity index (χ0n) is 25.3. The third kappa shape index (κ3) is 13.6. The number of methoxy groups -OCH3 is 1. The van der Waals surface area contributed by atoms with E-state index in [1.165, 1.54) is 0 Å². The van der Waals surface area contributed by atoms with Crippen LogP contribution < -0.4 is 5.32 Å². The fourth-order valence-corrected chi connectivity index (χ4v) is 4.68. The fraction of sp³-hybridized carbons (Fsp3) is 0.594. The summed E-state index contributed by atoms with van der Waals surface area (Å²) < 4.78 is 33.0. The maximum Gasteiger partial charge on any atom is 0.242 e. The van der Waals surface area contributed by atoms with Gasteiger partial charge in [0.2, 0.25) is 5.91 Å². The summed E-state index contributed by atoms with van der Waals surface area (Å²) in [7, 11) is 3.55. The molecule has 0 unspecified atom stereocenters. The summed E-state index contributed by atoms with van der Waals surface area (Å²) >= 11 is 0. The van der Waals surface area contributed by atoms with Gasteiger partial charge in [-0.3, -0.25) is 9.69 Å². The van der Waals surface area contributed by atoms with Crippen LogP contribution in [0.3, 0.4) is 0 Å². The SMILES string of the molecule is COCCOCCOCCOCCOCCO[C@H]1CCN(C[C@H](c2ccccc2)N(C)C(=O)CNc2ccccc2)C1. The van der Waals surface area contributed by atoms with Crippen LogP contribution in [0, 0.1) is 0 Å². The van der Waals surface area contributed by atoms with E-state index in [0.717, 1.165) is 37.3 Å². The molecule has 1 saturated heterocycles. The number of amides is 1. The molecule has 1 fully saturated rings. The molecule has 1 aliphatic rings. The Bertz CT molecular complexity index is 954. The molecule has 42 heavy (non-hydrogen) atoms. The number of para-hydroxylation sites is 1. The lowest BCUT2D eigenvalue weighted by molar-refractivity contribution is -0.130. The van der Waals surface area contributed by atoms with E-state index in [9.17, 15) is 4.79 Å². The average Bonchev–Trinajstić information content (AvgIpc) is 3.48. The van der Waals surface area contributed by atoms with E-state index in [0.29, 0.717) is 66.1 Å². The maximum atomic E-state index is 13.1. The van der Waals surface area contributed by atoms with E-state index in [4.69, 9.17) is 28.4 Å². The van der Waals surface area contributed by atoms with E-state index in [-0.39, 0.29) is 24.6 Å². The van der Waals surface area contributed by atoms with Gasteiger partial charge in [-0.05, 0) is 24.1 Å². The van der Waals surface area contributed by atoms with Crippen molar-refractivity contribution < 1.29 is 33.2 Å². The third-order valence-corrected chi connectivity index (χ3v) is 7.05. The summed E-state index contributed by atoms with van der Waals surface area (Å²) in [6.45, 7) is 8.28. The number of nitrogens with zero attached hydrogens (tertiary/aromatic N) is 2. The predicted octanol–water partition coefficient (Wildman–Crippen LogP) is 3.10. The van der Waals surface area contributed by atoms with Crippen LogP contribution >= 0.6 is 0 Å². The molecule has 1 heterocycles. The Hall–Kier alpha value is -2.57. The third-order valence-electron chi connectivity index (χ3n) is 7.05. The van der Waals surface area contributed by atoms with Gasteiger partial charge in [-0.25, -0.2) is 0 Å². The zero-order valence-corrected chi connectivity index (χ0v) is 25.3. The molecular weight excluding hydrogens is 538 g/mol. The van der Waals surface area contributed by atoms with Crippen molar-refractivity contribution in [2.75, 3.05) is 112 Å². The highest BCUT2D eigenvalue weighted by atomic mass is 16.6. The van der Waals surface area contributed by atoms with E-state index in [2.05, 4.69) is 22.3 Å². The first-order valence-electron chi connectivity index (χ1n) is 14.9. The second-order valence-electron chi connectivity index (χ2n) is 10.1. The molecule has 2 atom stereocenters. The number of hydrogen-bond acceptors (Lipinski definition) is 9. The molecular formula is C32H49N3O7. The van der Waals surface area contributed by atoms with Gasteiger partial charge in [0.1, 0.15) is 0 Å². The van der Waals surface area contributed by atoms with Crippen molar-refractivity contribution in [3.63, 3.8) is 0 Å². The van der Waals surface area contributed by atoms with Gasteiger partial charge in [0.25, 0.3) is 0 Å². The Morgan fingerprint density at radius 3 is 1.98 bits per heavy atom. The van der Waals surface area contributed by atoms with Crippen molar-refractivity contribution in [1.29, 1.82) is 0 Å². The van der Waals surface area contributed by atoms with Gasteiger partial charge in [0, 0.05) is 39.5 Å². The summed E-state index contributed by atoms with van der Waals surface area (Å²) in [6, 6.07) is 20.0. The predicted molar refractivity (Wildman–Crippen MR) is 163 cm³/mol. The average molecular weight is 588 g/mol. The Labute approximate surface area is 251 Å². The van der Waals surface area contributed by atoms with Crippen LogP contribution in [0.25, 0.3) is 0 Å². The number of anilines is 1. The minimum absolute atomic E-state index is 0.0435. The van der Waals surface area contributed by atoms with Gasteiger partial charge in [0.15, 0.2) is 0 Å². The number of carbonyl (C=O) groups is 1. The number of hydrogen-bond donors (Lipinski definition) is 1. The number of rotatable bonds is 23. The number of nitrogens with one attached hydrogen (secondary N) is 1. The lowest BCUT2D eigenvalue weighted by Crippen LogP contribution is -2.41. The van der Waals surface area contributed by atoms with Gasteiger partial charge >= 0.3 is 0 Å². The van der Waals surface area contributed by atoms with Gasteiger partial charge in [-0.15, -0.1) is 0 Å². The first-order valence-corrected chi connectivity index (χ1v) is 14.9. The second-order valence-corrected chi connectivity index (χ2v) is 10.1. The molecule has 1 N–H and O–H groups in total. The molecule has 10 heteroatoms. The van der Waals surface area contributed by atoms with Crippen molar-refractivity contribution in [2.24, 2.45) is 0 Å². The molecule has 234 valence electrons. The second kappa shape index (κ2) is 21.2. The molecule has 1 aliphatic heterocycles. The number of benzene rings is 2. The van der Waals surface area contributed by atoms with Crippen LogP contribution in [-0.2, 0) is 33.2 Å². The number of likely N-dealkylation sites (tertiary alicyclic amines) is 1. The van der Waals surface area contributed by atoms with Gasteiger partial charge in [-0.2, -0.15) is 0 Å². The summed E-state index contributed by atoms with van der Waals surface area (Å²) in [5, 5.41) is 3.24. The number of ether oxygens (including phenoxy) is 6. The lowest BCUT2D eigenvalue weighted by atomic mass is 10.0. The van der Waals surface area contributed by atoms with Crippen molar-refractivity contribution >= 4 is 11.6 Å². The van der Waals surface area contributed by atoms with Gasteiger partial charge in [-0.1, -0.05) is 48.5 Å². The highest BCUT2D eigenvalue weighted by Crippen LogP contribution is 2.24. The largest absolute Gasteiger partial charge is 0.382 e. The molecule has 1 amide bonds. The molecule has 3 rings (SSSR count). The zero-order chi connectivity index (χ0) is 29.7. The van der Waals surface area contributed by atoms with Crippen LogP contribution in [0.15, 0.2) is 60.7 Å². The quantitative estimate of drug-likeness (QED) is 0.197. The Balaban J connectivity index is 1.27. The lowest BCUT2D eigenvalue weighted by Gasteiger charge is -2.32. The Kier molecular flexibility index (Phi) is 17.1. The van der Waals surface area contributed by atoms with Crippen LogP contribution in [-0.4, -0.2) is 128 Å². The van der Waals surface area contributed by atoms with E-state index in [1.54, 1.807) is 7.11 Å².